The molecule has 80 valence electrons. The van der Waals surface area contributed by atoms with Crippen LogP contribution in [0, 0.1) is 5.82 Å². The van der Waals surface area contributed by atoms with E-state index in [1.807, 2.05) is 0 Å². The Kier molecular flexibility index (Phi) is 3.22. The quantitative estimate of drug-likeness (QED) is 0.546. The van der Waals surface area contributed by atoms with Gasteiger partial charge in [0.05, 0.1) is 5.56 Å². The van der Waals surface area contributed by atoms with E-state index >= 15 is 0 Å². The summed E-state index contributed by atoms with van der Waals surface area (Å²) in [6.45, 7) is -0.581. The number of nitrogen functional groups attached to an aromatic ring is 1. The van der Waals surface area contributed by atoms with Crippen LogP contribution in [0.3, 0.4) is 0 Å². The zero-order chi connectivity index (χ0) is 11.4. The van der Waals surface area contributed by atoms with Crippen molar-refractivity contribution in [3.05, 3.63) is 29.6 Å². The van der Waals surface area contributed by atoms with Crippen LogP contribution in [0.2, 0.25) is 0 Å². The Labute approximate surface area is 84.8 Å². The summed E-state index contributed by atoms with van der Waals surface area (Å²) in [5, 5.41) is 0. The highest BCUT2D eigenvalue weighted by Gasteiger charge is 2.13. The highest BCUT2D eigenvalue weighted by molar-refractivity contribution is 5.91. The van der Waals surface area contributed by atoms with Crippen molar-refractivity contribution in [3.63, 3.8) is 0 Å². The highest BCUT2D eigenvalue weighted by atomic mass is 19.1. The minimum atomic E-state index is -0.953. The van der Waals surface area contributed by atoms with Gasteiger partial charge in [-0.3, -0.25) is 4.79 Å². The molecule has 1 aromatic carbocycles. The molecule has 0 aliphatic heterocycles. The Morgan fingerprint density at radius 3 is 2.60 bits per heavy atom. The Morgan fingerprint density at radius 1 is 1.40 bits per heavy atom. The number of hydrogen-bond donors (Lipinski definition) is 2. The molecular formula is C9H9FN2O3. The molecule has 0 saturated carbocycles. The number of carbonyl (C=O) groups excluding carboxylic acids is 2. The zero-order valence-corrected chi connectivity index (χ0v) is 7.70. The molecule has 0 aliphatic rings. The number of carbonyl (C=O) groups is 2. The van der Waals surface area contributed by atoms with Crippen LogP contribution >= 0.6 is 0 Å². The predicted octanol–water partition coefficient (Wildman–Crippen LogP) is 0.0500. The van der Waals surface area contributed by atoms with E-state index < -0.39 is 24.3 Å². The largest absolute Gasteiger partial charge is 0.452 e. The first-order chi connectivity index (χ1) is 7.00. The average molecular weight is 212 g/mol. The summed E-state index contributed by atoms with van der Waals surface area (Å²) >= 11 is 0. The van der Waals surface area contributed by atoms with Gasteiger partial charge in [0.2, 0.25) is 0 Å². The maximum Gasteiger partial charge on any atom is 0.341 e. The van der Waals surface area contributed by atoms with Gasteiger partial charge in [-0.1, -0.05) is 0 Å². The first kappa shape index (κ1) is 11.0. The molecule has 0 heterocycles. The van der Waals surface area contributed by atoms with Gasteiger partial charge in [-0.05, 0) is 18.2 Å². The molecule has 0 aromatic heterocycles. The fourth-order valence-corrected chi connectivity index (χ4v) is 0.911. The second kappa shape index (κ2) is 4.41. The minimum absolute atomic E-state index is 0.193. The molecule has 5 nitrogen and oxygen atoms in total. The highest BCUT2D eigenvalue weighted by Crippen LogP contribution is 2.12. The van der Waals surface area contributed by atoms with Gasteiger partial charge < -0.3 is 16.2 Å². The van der Waals surface area contributed by atoms with Gasteiger partial charge in [-0.15, -0.1) is 0 Å². The van der Waals surface area contributed by atoms with E-state index in [1.165, 1.54) is 12.1 Å². The number of nitrogens with two attached hydrogens (primary N) is 2. The first-order valence-electron chi connectivity index (χ1n) is 4.01. The number of anilines is 1. The number of primary amides is 1. The van der Waals surface area contributed by atoms with Gasteiger partial charge in [0, 0.05) is 5.69 Å². The van der Waals surface area contributed by atoms with E-state index in [1.54, 1.807) is 0 Å². The van der Waals surface area contributed by atoms with Gasteiger partial charge in [0.1, 0.15) is 5.82 Å². The van der Waals surface area contributed by atoms with Crippen LogP contribution in [0.25, 0.3) is 0 Å². The van der Waals surface area contributed by atoms with Crippen molar-refractivity contribution in [2.75, 3.05) is 12.3 Å². The standard InChI is InChI=1S/C9H9FN2O3/c10-7-3-5(11)1-2-6(7)9(14)15-4-8(12)13/h1-3H,4,11H2,(H2,12,13). The summed E-state index contributed by atoms with van der Waals surface area (Å²) in [6, 6.07) is 3.51. The van der Waals surface area contributed by atoms with Crippen LogP contribution in [0.5, 0.6) is 0 Å². The summed E-state index contributed by atoms with van der Waals surface area (Å²) in [6.07, 6.45) is 0. The Morgan fingerprint density at radius 2 is 2.07 bits per heavy atom. The lowest BCUT2D eigenvalue weighted by Crippen LogP contribution is -2.21. The number of esters is 1. The zero-order valence-electron chi connectivity index (χ0n) is 7.70. The first-order valence-corrected chi connectivity index (χ1v) is 4.01. The van der Waals surface area contributed by atoms with Crippen molar-refractivity contribution < 1.29 is 18.7 Å². The molecular weight excluding hydrogens is 203 g/mol. The molecule has 0 bridgehead atoms. The lowest BCUT2D eigenvalue weighted by atomic mass is 10.2. The average Bonchev–Trinajstić information content (AvgIpc) is 2.14. The van der Waals surface area contributed by atoms with Gasteiger partial charge in [-0.25, -0.2) is 9.18 Å². The van der Waals surface area contributed by atoms with Crippen molar-refractivity contribution in [1.82, 2.24) is 0 Å². The van der Waals surface area contributed by atoms with Crippen LogP contribution < -0.4 is 11.5 Å². The molecule has 1 rings (SSSR count). The van der Waals surface area contributed by atoms with Crippen LogP contribution in [0.1, 0.15) is 10.4 Å². The third-order valence-corrected chi connectivity index (χ3v) is 1.56. The third kappa shape index (κ3) is 2.94. The van der Waals surface area contributed by atoms with Crippen LogP contribution in [-0.2, 0) is 9.53 Å². The van der Waals surface area contributed by atoms with Crippen LogP contribution in [0.4, 0.5) is 10.1 Å². The molecule has 0 aliphatic carbocycles. The van der Waals surface area contributed by atoms with Crippen molar-refractivity contribution in [3.8, 4) is 0 Å². The van der Waals surface area contributed by atoms with Crippen molar-refractivity contribution in [2.24, 2.45) is 5.73 Å². The van der Waals surface area contributed by atoms with E-state index in [0.717, 1.165) is 6.07 Å². The maximum absolute atomic E-state index is 13.1. The maximum atomic E-state index is 13.1. The lowest BCUT2D eigenvalue weighted by Gasteiger charge is -2.03. The minimum Gasteiger partial charge on any atom is -0.452 e. The summed E-state index contributed by atoms with van der Waals surface area (Å²) in [7, 11) is 0. The van der Waals surface area contributed by atoms with Crippen LogP contribution in [0.15, 0.2) is 18.2 Å². The fourth-order valence-electron chi connectivity index (χ4n) is 0.911. The fraction of sp³-hybridized carbons (Fsp3) is 0.111. The van der Waals surface area contributed by atoms with Crippen molar-refractivity contribution in [1.29, 1.82) is 0 Å². The number of hydrogen-bond acceptors (Lipinski definition) is 4. The molecule has 0 unspecified atom stereocenters. The van der Waals surface area contributed by atoms with Gasteiger partial charge in [0.15, 0.2) is 6.61 Å². The topological polar surface area (TPSA) is 95.4 Å². The number of halogens is 1. The monoisotopic (exact) mass is 212 g/mol. The molecule has 0 saturated heterocycles. The lowest BCUT2D eigenvalue weighted by molar-refractivity contribution is -0.121. The Bertz CT molecular complexity index is 406. The van der Waals surface area contributed by atoms with Crippen molar-refractivity contribution >= 4 is 17.6 Å². The Balaban J connectivity index is 2.78. The third-order valence-electron chi connectivity index (χ3n) is 1.56. The van der Waals surface area contributed by atoms with Gasteiger partial charge >= 0.3 is 5.97 Å². The van der Waals surface area contributed by atoms with E-state index in [2.05, 4.69) is 4.74 Å². The molecule has 6 heteroatoms. The SMILES string of the molecule is NC(=O)COC(=O)c1ccc(N)cc1F. The molecule has 1 amide bonds. The Hall–Kier alpha value is -2.11. The number of benzene rings is 1. The molecule has 1 aromatic rings. The second-order valence-electron chi connectivity index (χ2n) is 2.78. The molecule has 15 heavy (non-hydrogen) atoms. The van der Waals surface area contributed by atoms with Gasteiger partial charge in [-0.2, -0.15) is 0 Å². The second-order valence-corrected chi connectivity index (χ2v) is 2.78. The smallest absolute Gasteiger partial charge is 0.341 e. The molecule has 4 N–H and O–H groups in total. The van der Waals surface area contributed by atoms with E-state index in [-0.39, 0.29) is 11.3 Å². The predicted molar refractivity (Wildman–Crippen MR) is 50.3 cm³/mol. The van der Waals surface area contributed by atoms with E-state index in [4.69, 9.17) is 11.5 Å². The summed E-state index contributed by atoms with van der Waals surface area (Å²) in [5.74, 6) is -2.56. The van der Waals surface area contributed by atoms with E-state index in [0.29, 0.717) is 0 Å². The molecule has 0 radical (unpaired) electrons. The number of amides is 1. The normalized spacial score (nSPS) is 9.67. The number of ether oxygens (including phenoxy) is 1. The molecule has 0 atom stereocenters. The van der Waals surface area contributed by atoms with E-state index in [9.17, 15) is 14.0 Å². The van der Waals surface area contributed by atoms with Crippen molar-refractivity contribution in [2.45, 2.75) is 0 Å². The van der Waals surface area contributed by atoms with Crippen LogP contribution in [-0.4, -0.2) is 18.5 Å². The summed E-state index contributed by atoms with van der Waals surface area (Å²) < 4.78 is 17.5. The molecule has 0 spiro atoms. The number of rotatable bonds is 3. The summed E-state index contributed by atoms with van der Waals surface area (Å²) in [4.78, 5) is 21.5. The van der Waals surface area contributed by atoms with Gasteiger partial charge in [0.25, 0.3) is 5.91 Å². The summed E-state index contributed by atoms with van der Waals surface area (Å²) in [5.41, 5.74) is 9.94. The molecule has 0 fully saturated rings.